The molecule has 0 bridgehead atoms. The molecule has 0 atom stereocenters. The Morgan fingerprint density at radius 1 is 1.18 bits per heavy atom. The van der Waals surface area contributed by atoms with Crippen LogP contribution in [0.5, 0.6) is 0 Å². The summed E-state index contributed by atoms with van der Waals surface area (Å²) in [6, 6.07) is 3.55. The topological polar surface area (TPSA) is 74.0 Å². The Kier molecular flexibility index (Phi) is 3.09. The van der Waals surface area contributed by atoms with Gasteiger partial charge in [-0.1, -0.05) is 0 Å². The zero-order valence-electron chi connectivity index (χ0n) is 5.58. The molecule has 0 spiro atoms. The Morgan fingerprint density at radius 3 is 2.00 bits per heavy atom. The fourth-order valence-corrected chi connectivity index (χ4v) is 3.27. The highest BCUT2D eigenvalue weighted by molar-refractivity contribution is 8.89. The lowest BCUT2D eigenvalue weighted by atomic mass is 10.7. The number of nitrogens with zero attached hydrogens (tertiary/aromatic N) is 1. The molecule has 0 aliphatic rings. The lowest BCUT2D eigenvalue weighted by molar-refractivity contribution is 0.589. The van der Waals surface area contributed by atoms with Crippen LogP contribution in [0.3, 0.4) is 0 Å². The van der Waals surface area contributed by atoms with Gasteiger partial charge in [0.2, 0.25) is 0 Å². The minimum Gasteiger partial charge on any atom is -0.287 e. The largest absolute Gasteiger partial charge is 0.312 e. The maximum atomic E-state index is 11.7. The first-order valence-corrected chi connectivity index (χ1v) is 7.36. The number of nitrogens with two attached hydrogens (primary N) is 2. The molecule has 0 radical (unpaired) electrons. The van der Waals surface area contributed by atoms with Gasteiger partial charge in [0.1, 0.15) is 0 Å². The zero-order chi connectivity index (χ0) is 8.32. The molecule has 0 unspecified atom stereocenters. The van der Waals surface area contributed by atoms with Crippen molar-refractivity contribution in [3.05, 3.63) is 24.5 Å². The monoisotopic (exact) mass is 209 g/mol. The Labute approximate surface area is 72.9 Å². The summed E-state index contributed by atoms with van der Waals surface area (Å²) in [6.45, 7) is 0. The van der Waals surface area contributed by atoms with Gasteiger partial charge in [-0.25, -0.2) is 0 Å². The molecule has 1 aromatic heterocycles. The van der Waals surface area contributed by atoms with Crippen molar-refractivity contribution < 1.29 is 4.57 Å². The summed E-state index contributed by atoms with van der Waals surface area (Å²) in [5, 5.41) is 10.5. The summed E-state index contributed by atoms with van der Waals surface area (Å²) in [4.78, 5) is 0. The van der Waals surface area contributed by atoms with Crippen LogP contribution in [0.1, 0.15) is 0 Å². The van der Waals surface area contributed by atoms with Crippen molar-refractivity contribution in [1.82, 2.24) is 4.34 Å². The van der Waals surface area contributed by atoms with Gasteiger partial charge in [-0.15, -0.1) is 0 Å². The average Bonchev–Trinajstić information content (AvgIpc) is 2.55. The number of hydrogen-bond donors (Lipinski definition) is 2. The van der Waals surface area contributed by atoms with Crippen LogP contribution in [-0.2, 0) is 4.57 Å². The molecule has 0 aliphatic carbocycles. The minimum atomic E-state index is -2.68. The molecule has 4 nitrogen and oxygen atoms in total. The van der Waals surface area contributed by atoms with E-state index in [-0.39, 0.29) is 0 Å². The second-order valence-corrected chi connectivity index (χ2v) is 8.49. The van der Waals surface area contributed by atoms with Crippen molar-refractivity contribution in [2.75, 3.05) is 0 Å². The molecule has 1 heterocycles. The Balaban J connectivity index is 2.97. The van der Waals surface area contributed by atoms with E-state index in [1.54, 1.807) is 24.5 Å². The van der Waals surface area contributed by atoms with Gasteiger partial charge in [0, 0.05) is 35.5 Å². The summed E-state index contributed by atoms with van der Waals surface area (Å²) >= 11 is 1.57. The smallest absolute Gasteiger partial charge is 0.287 e. The molecule has 1 aromatic rings. The Bertz CT molecular complexity index is 254. The Hall–Kier alpha value is 0.130. The van der Waals surface area contributed by atoms with E-state index in [9.17, 15) is 4.57 Å². The van der Waals surface area contributed by atoms with Crippen molar-refractivity contribution in [2.45, 2.75) is 0 Å². The summed E-state index contributed by atoms with van der Waals surface area (Å²) in [5.41, 5.74) is -2.68. The number of hydrogen-bond acceptors (Lipinski definition) is 5. The second kappa shape index (κ2) is 3.69. The summed E-state index contributed by atoms with van der Waals surface area (Å²) in [5.74, 6) is 0. The van der Waals surface area contributed by atoms with Crippen molar-refractivity contribution in [3.63, 3.8) is 0 Å². The maximum absolute atomic E-state index is 11.7. The third-order valence-corrected chi connectivity index (χ3v) is 6.78. The van der Waals surface area contributed by atoms with E-state index >= 15 is 0 Å². The Morgan fingerprint density at radius 2 is 1.64 bits per heavy atom. The zero-order valence-corrected chi connectivity index (χ0v) is 8.11. The third kappa shape index (κ3) is 1.83. The molecule has 0 aromatic carbocycles. The van der Waals surface area contributed by atoms with Gasteiger partial charge < -0.3 is 0 Å². The van der Waals surface area contributed by atoms with E-state index < -0.39 is 5.70 Å². The highest BCUT2D eigenvalue weighted by atomic mass is 33.1. The first-order chi connectivity index (χ1) is 5.23. The number of rotatable bonds is 3. The molecule has 62 valence electrons. The quantitative estimate of drug-likeness (QED) is 0.585. The van der Waals surface area contributed by atoms with Crippen LogP contribution in [0.15, 0.2) is 24.5 Å². The summed E-state index contributed by atoms with van der Waals surface area (Å²) < 4.78 is 13.2. The van der Waals surface area contributed by atoms with Crippen LogP contribution in [0.4, 0.5) is 0 Å². The molecule has 0 fully saturated rings. The minimum absolute atomic E-state index is 0.786. The summed E-state index contributed by atoms with van der Waals surface area (Å²) in [6.07, 6.45) is 3.36. The standard InChI is InChI=1S/C4H8N3OPS2/c5-10-9(8,11-6)7-3-1-2-4-7/h1-4H,5-6H2. The maximum Gasteiger partial charge on any atom is 0.312 e. The first kappa shape index (κ1) is 9.22. The van der Waals surface area contributed by atoms with Crippen molar-refractivity contribution in [1.29, 1.82) is 0 Å². The molecular formula is C4H8N3OPS2. The van der Waals surface area contributed by atoms with Gasteiger partial charge in [-0.2, -0.15) is 0 Å². The SMILES string of the molecule is NSP(=O)(SN)n1cccc1. The van der Waals surface area contributed by atoms with Gasteiger partial charge in [0.15, 0.2) is 0 Å². The van der Waals surface area contributed by atoms with E-state index in [1.807, 2.05) is 0 Å². The molecule has 0 aliphatic heterocycles. The molecule has 11 heavy (non-hydrogen) atoms. The summed E-state index contributed by atoms with van der Waals surface area (Å²) in [7, 11) is 0. The molecule has 0 saturated heterocycles. The first-order valence-electron chi connectivity index (χ1n) is 2.74. The van der Waals surface area contributed by atoms with Crippen molar-refractivity contribution in [3.8, 4) is 0 Å². The van der Waals surface area contributed by atoms with E-state index in [0.29, 0.717) is 0 Å². The van der Waals surface area contributed by atoms with Crippen LogP contribution in [-0.4, -0.2) is 4.34 Å². The van der Waals surface area contributed by atoms with E-state index in [2.05, 4.69) is 0 Å². The highest BCUT2D eigenvalue weighted by Gasteiger charge is 2.21. The van der Waals surface area contributed by atoms with Gasteiger partial charge in [-0.05, 0) is 12.1 Å². The predicted molar refractivity (Wildman–Crippen MR) is 51.0 cm³/mol. The molecule has 7 heteroatoms. The van der Waals surface area contributed by atoms with Crippen molar-refractivity contribution >= 4 is 28.8 Å². The highest BCUT2D eigenvalue weighted by Crippen LogP contribution is 2.64. The van der Waals surface area contributed by atoms with E-state index in [4.69, 9.17) is 10.3 Å². The molecule has 0 saturated carbocycles. The van der Waals surface area contributed by atoms with Gasteiger partial charge in [-0.3, -0.25) is 19.2 Å². The lowest BCUT2D eigenvalue weighted by Gasteiger charge is -2.11. The molecule has 0 amide bonds. The molecule has 4 N–H and O–H groups in total. The van der Waals surface area contributed by atoms with E-state index in [1.165, 1.54) is 4.34 Å². The van der Waals surface area contributed by atoms with Crippen LogP contribution >= 0.6 is 28.8 Å². The molecular weight excluding hydrogens is 201 g/mol. The van der Waals surface area contributed by atoms with Gasteiger partial charge in [0.05, 0.1) is 0 Å². The molecule has 1 rings (SSSR count). The van der Waals surface area contributed by atoms with Crippen LogP contribution in [0.25, 0.3) is 0 Å². The number of aromatic nitrogens is 1. The fourth-order valence-electron chi connectivity index (χ4n) is 0.622. The second-order valence-electron chi connectivity index (χ2n) is 1.74. The average molecular weight is 209 g/mol. The normalized spacial score (nSPS) is 11.8. The van der Waals surface area contributed by atoms with Crippen LogP contribution in [0.2, 0.25) is 0 Å². The predicted octanol–water partition coefficient (Wildman–Crippen LogP) is 1.66. The van der Waals surface area contributed by atoms with E-state index in [0.717, 1.165) is 23.1 Å². The third-order valence-electron chi connectivity index (χ3n) is 1.14. The van der Waals surface area contributed by atoms with Crippen LogP contribution in [0, 0.1) is 0 Å². The van der Waals surface area contributed by atoms with Gasteiger partial charge >= 0.3 is 5.70 Å². The van der Waals surface area contributed by atoms with Crippen LogP contribution < -0.4 is 10.3 Å². The lowest BCUT2D eigenvalue weighted by Crippen LogP contribution is -1.92. The fraction of sp³-hybridized carbons (Fsp3) is 0. The van der Waals surface area contributed by atoms with Crippen molar-refractivity contribution in [2.24, 2.45) is 10.3 Å². The van der Waals surface area contributed by atoms with Gasteiger partial charge in [0.25, 0.3) is 0 Å².